The van der Waals surface area contributed by atoms with Gasteiger partial charge in [-0.2, -0.15) is 0 Å². The minimum absolute atomic E-state index is 0.00431. The average Bonchev–Trinajstić information content (AvgIpc) is 2.73. The number of hydrogen-bond acceptors (Lipinski definition) is 5. The zero-order chi connectivity index (χ0) is 21.8. The van der Waals surface area contributed by atoms with Crippen molar-refractivity contribution < 1.29 is 14.5 Å². The van der Waals surface area contributed by atoms with Crippen LogP contribution >= 0.6 is 15.9 Å². The van der Waals surface area contributed by atoms with Crippen molar-refractivity contribution in [1.29, 1.82) is 0 Å². The maximum Gasteiger partial charge on any atom is 0.293 e. The molecule has 0 aromatic heterocycles. The maximum absolute atomic E-state index is 12.7. The number of benzene rings is 2. The predicted octanol–water partition coefficient (Wildman–Crippen LogP) is 3.52. The molecule has 0 bridgehead atoms. The predicted molar refractivity (Wildman–Crippen MR) is 118 cm³/mol. The van der Waals surface area contributed by atoms with Gasteiger partial charge in [0, 0.05) is 49.2 Å². The van der Waals surface area contributed by atoms with Gasteiger partial charge < -0.3 is 15.1 Å². The first-order valence-corrected chi connectivity index (χ1v) is 10.4. The molecule has 0 radical (unpaired) electrons. The minimum Gasteiger partial charge on any atom is -0.362 e. The molecule has 1 aliphatic rings. The summed E-state index contributed by atoms with van der Waals surface area (Å²) in [6, 6.07) is 11.8. The van der Waals surface area contributed by atoms with Gasteiger partial charge in [-0.15, -0.1) is 0 Å². The quantitative estimate of drug-likeness (QED) is 0.528. The number of hydrogen-bond donors (Lipinski definition) is 1. The van der Waals surface area contributed by atoms with E-state index < -0.39 is 4.92 Å². The number of anilines is 1. The summed E-state index contributed by atoms with van der Waals surface area (Å²) in [6.45, 7) is 5.40. The molecule has 9 heteroatoms. The largest absolute Gasteiger partial charge is 0.362 e. The zero-order valence-electron chi connectivity index (χ0n) is 16.8. The number of rotatable bonds is 5. The smallest absolute Gasteiger partial charge is 0.293 e. The first-order chi connectivity index (χ1) is 14.3. The first kappa shape index (κ1) is 21.8. The highest BCUT2D eigenvalue weighted by Gasteiger charge is 2.26. The monoisotopic (exact) mass is 474 g/mol. The van der Waals surface area contributed by atoms with E-state index >= 15 is 0 Å². The molecule has 0 spiro atoms. The van der Waals surface area contributed by atoms with Crippen LogP contribution in [0.15, 0.2) is 46.9 Å². The molecule has 2 aromatic carbocycles. The molecule has 1 atom stereocenters. The second kappa shape index (κ2) is 9.25. The molecule has 1 saturated heterocycles. The van der Waals surface area contributed by atoms with E-state index in [1.165, 1.54) is 13.0 Å². The zero-order valence-corrected chi connectivity index (χ0v) is 18.4. The van der Waals surface area contributed by atoms with Crippen molar-refractivity contribution in [2.75, 3.05) is 31.1 Å². The SMILES string of the molecule is CC(=O)N1CCN(c2ccc(C(=O)N[C@@H](C)c3ccccc3Br)cc2[N+](=O)[O-])CC1. The maximum atomic E-state index is 12.7. The lowest BCUT2D eigenvalue weighted by Gasteiger charge is -2.35. The second-order valence-electron chi connectivity index (χ2n) is 7.17. The molecule has 1 heterocycles. The number of nitro groups is 1. The molecule has 30 heavy (non-hydrogen) atoms. The van der Waals surface area contributed by atoms with E-state index in [-0.39, 0.29) is 29.1 Å². The molecule has 0 saturated carbocycles. The van der Waals surface area contributed by atoms with Crippen LogP contribution in [-0.2, 0) is 4.79 Å². The fourth-order valence-electron chi connectivity index (χ4n) is 3.52. The van der Waals surface area contributed by atoms with Gasteiger partial charge >= 0.3 is 0 Å². The molecular formula is C21H23BrN4O4. The van der Waals surface area contributed by atoms with Gasteiger partial charge in [0.2, 0.25) is 5.91 Å². The van der Waals surface area contributed by atoms with E-state index in [2.05, 4.69) is 21.2 Å². The van der Waals surface area contributed by atoms with E-state index in [4.69, 9.17) is 0 Å². The first-order valence-electron chi connectivity index (χ1n) is 9.62. The fraction of sp³-hybridized carbons (Fsp3) is 0.333. The summed E-state index contributed by atoms with van der Waals surface area (Å²) in [5.41, 5.74) is 1.48. The topological polar surface area (TPSA) is 95.8 Å². The highest BCUT2D eigenvalue weighted by Crippen LogP contribution is 2.30. The summed E-state index contributed by atoms with van der Waals surface area (Å²) in [5, 5.41) is 14.6. The van der Waals surface area contributed by atoms with Crippen molar-refractivity contribution in [1.82, 2.24) is 10.2 Å². The number of nitrogens with one attached hydrogen (secondary N) is 1. The molecule has 0 aliphatic carbocycles. The summed E-state index contributed by atoms with van der Waals surface area (Å²) in [5.74, 6) is -0.385. The number of carbonyl (C=O) groups is 2. The minimum atomic E-state index is -0.472. The third-order valence-corrected chi connectivity index (χ3v) is 5.94. The van der Waals surface area contributed by atoms with Crippen LogP contribution in [-0.4, -0.2) is 47.8 Å². The molecule has 3 rings (SSSR count). The Hall–Kier alpha value is -2.94. The molecule has 0 unspecified atom stereocenters. The number of halogens is 1. The third-order valence-electron chi connectivity index (χ3n) is 5.22. The van der Waals surface area contributed by atoms with Crippen LogP contribution in [0, 0.1) is 10.1 Å². The molecular weight excluding hydrogens is 452 g/mol. The van der Waals surface area contributed by atoms with Gasteiger partial charge in [0.25, 0.3) is 11.6 Å². The van der Waals surface area contributed by atoms with Crippen molar-refractivity contribution in [3.8, 4) is 0 Å². The van der Waals surface area contributed by atoms with Gasteiger partial charge in [0.1, 0.15) is 5.69 Å². The standard InChI is InChI=1S/C21H23BrN4O4/c1-14(17-5-3-4-6-18(17)22)23-21(28)16-7-8-19(20(13-16)26(29)30)25-11-9-24(10-12-25)15(2)27/h3-8,13-14H,9-12H2,1-2H3,(H,23,28)/t14-/m0/s1. The molecule has 2 aromatic rings. The van der Waals surface area contributed by atoms with E-state index in [1.54, 1.807) is 17.0 Å². The number of amides is 2. The summed E-state index contributed by atoms with van der Waals surface area (Å²) in [7, 11) is 0. The van der Waals surface area contributed by atoms with Crippen LogP contribution in [0.25, 0.3) is 0 Å². The molecule has 1 fully saturated rings. The summed E-state index contributed by atoms with van der Waals surface area (Å²) in [6.07, 6.45) is 0. The van der Waals surface area contributed by atoms with Crippen LogP contribution in [0.3, 0.4) is 0 Å². The second-order valence-corrected chi connectivity index (χ2v) is 8.02. The number of nitro benzene ring substituents is 1. The van der Waals surface area contributed by atoms with Crippen molar-refractivity contribution in [2.24, 2.45) is 0 Å². The highest BCUT2D eigenvalue weighted by molar-refractivity contribution is 9.10. The molecule has 158 valence electrons. The molecule has 1 aliphatic heterocycles. The van der Waals surface area contributed by atoms with Gasteiger partial charge in [-0.1, -0.05) is 34.1 Å². The van der Waals surface area contributed by atoms with Crippen LogP contribution in [0.4, 0.5) is 11.4 Å². The number of carbonyl (C=O) groups excluding carboxylic acids is 2. The molecule has 1 N–H and O–H groups in total. The normalized spacial score (nSPS) is 14.9. The number of piperazine rings is 1. The Morgan fingerprint density at radius 1 is 1.13 bits per heavy atom. The number of nitrogens with zero attached hydrogens (tertiary/aromatic N) is 3. The van der Waals surface area contributed by atoms with Crippen LogP contribution in [0.5, 0.6) is 0 Å². The van der Waals surface area contributed by atoms with E-state index in [0.717, 1.165) is 10.0 Å². The lowest BCUT2D eigenvalue weighted by Crippen LogP contribution is -2.48. The summed E-state index contributed by atoms with van der Waals surface area (Å²) >= 11 is 3.47. The lowest BCUT2D eigenvalue weighted by atomic mass is 10.1. The Morgan fingerprint density at radius 3 is 2.40 bits per heavy atom. The van der Waals surface area contributed by atoms with Crippen molar-refractivity contribution in [2.45, 2.75) is 19.9 Å². The van der Waals surface area contributed by atoms with Gasteiger partial charge in [0.05, 0.1) is 11.0 Å². The lowest BCUT2D eigenvalue weighted by molar-refractivity contribution is -0.384. The molecule has 2 amide bonds. The Labute approximate surface area is 183 Å². The van der Waals surface area contributed by atoms with Crippen molar-refractivity contribution >= 4 is 39.1 Å². The van der Waals surface area contributed by atoms with Crippen LogP contribution in [0.2, 0.25) is 0 Å². The van der Waals surface area contributed by atoms with E-state index in [1.807, 2.05) is 36.1 Å². The Bertz CT molecular complexity index is 973. The Morgan fingerprint density at radius 2 is 1.80 bits per heavy atom. The van der Waals surface area contributed by atoms with Crippen molar-refractivity contribution in [3.05, 3.63) is 68.2 Å². The van der Waals surface area contributed by atoms with Gasteiger partial charge in [-0.3, -0.25) is 19.7 Å². The Balaban J connectivity index is 1.78. The summed E-state index contributed by atoms with van der Waals surface area (Å²) in [4.78, 5) is 39.0. The van der Waals surface area contributed by atoms with E-state index in [0.29, 0.717) is 31.9 Å². The average molecular weight is 475 g/mol. The van der Waals surface area contributed by atoms with E-state index in [9.17, 15) is 19.7 Å². The summed E-state index contributed by atoms with van der Waals surface area (Å²) < 4.78 is 0.879. The highest BCUT2D eigenvalue weighted by atomic mass is 79.9. The van der Waals surface area contributed by atoms with Crippen molar-refractivity contribution in [3.63, 3.8) is 0 Å². The molecule has 8 nitrogen and oxygen atoms in total. The van der Waals surface area contributed by atoms with Gasteiger partial charge in [0.15, 0.2) is 0 Å². The van der Waals surface area contributed by atoms with Crippen LogP contribution < -0.4 is 10.2 Å². The third kappa shape index (κ3) is 4.79. The van der Waals surface area contributed by atoms with Gasteiger partial charge in [-0.05, 0) is 30.7 Å². The van der Waals surface area contributed by atoms with Gasteiger partial charge in [-0.25, -0.2) is 0 Å². The fourth-order valence-corrected chi connectivity index (χ4v) is 4.15. The van der Waals surface area contributed by atoms with Crippen LogP contribution in [0.1, 0.15) is 35.8 Å². The Kier molecular flexibility index (Phi) is 6.71.